The van der Waals surface area contributed by atoms with Crippen molar-refractivity contribution in [2.75, 3.05) is 12.4 Å². The SMILES string of the molecule is COC(=O)c1nc(NC(=O)Cn2cnnn2)sc1Cc1ccccc1. The van der Waals surface area contributed by atoms with Crippen molar-refractivity contribution in [2.45, 2.75) is 13.0 Å². The standard InChI is InChI=1S/C15H14N6O3S/c1-24-14(23)13-11(7-10-5-3-2-4-6-10)25-15(18-13)17-12(22)8-21-9-16-19-20-21/h2-6,9H,7-8H2,1H3,(H,17,18,22). The molecule has 0 aliphatic heterocycles. The van der Waals surface area contributed by atoms with Gasteiger partial charge in [0.05, 0.1) is 7.11 Å². The second kappa shape index (κ2) is 7.62. The van der Waals surface area contributed by atoms with Crippen molar-refractivity contribution in [2.24, 2.45) is 0 Å². The summed E-state index contributed by atoms with van der Waals surface area (Å²) in [6, 6.07) is 9.67. The predicted molar refractivity (Wildman–Crippen MR) is 89.1 cm³/mol. The Morgan fingerprint density at radius 1 is 1.28 bits per heavy atom. The molecule has 0 saturated carbocycles. The first-order chi connectivity index (χ1) is 12.2. The number of benzene rings is 1. The second-order valence-corrected chi connectivity index (χ2v) is 6.08. The van der Waals surface area contributed by atoms with Crippen LogP contribution in [0.1, 0.15) is 20.9 Å². The molecular weight excluding hydrogens is 344 g/mol. The van der Waals surface area contributed by atoms with Gasteiger partial charge in [-0.1, -0.05) is 30.3 Å². The van der Waals surface area contributed by atoms with Crippen LogP contribution in [0.5, 0.6) is 0 Å². The van der Waals surface area contributed by atoms with Gasteiger partial charge in [0.25, 0.3) is 0 Å². The van der Waals surface area contributed by atoms with Crippen LogP contribution < -0.4 is 5.32 Å². The summed E-state index contributed by atoms with van der Waals surface area (Å²) >= 11 is 1.23. The van der Waals surface area contributed by atoms with Gasteiger partial charge in [-0.05, 0) is 16.0 Å². The first-order valence-electron chi connectivity index (χ1n) is 7.28. The van der Waals surface area contributed by atoms with Crippen molar-refractivity contribution in [3.05, 3.63) is 52.8 Å². The lowest BCUT2D eigenvalue weighted by molar-refractivity contribution is -0.116. The minimum atomic E-state index is -0.539. The summed E-state index contributed by atoms with van der Waals surface area (Å²) in [5.74, 6) is -0.883. The predicted octanol–water partition coefficient (Wildman–Crippen LogP) is 1.15. The van der Waals surface area contributed by atoms with Gasteiger partial charge >= 0.3 is 5.97 Å². The summed E-state index contributed by atoms with van der Waals surface area (Å²) in [6.45, 7) is -0.0475. The fourth-order valence-electron chi connectivity index (χ4n) is 2.12. The van der Waals surface area contributed by atoms with Crippen LogP contribution in [0.15, 0.2) is 36.7 Å². The highest BCUT2D eigenvalue weighted by molar-refractivity contribution is 7.16. The van der Waals surface area contributed by atoms with E-state index in [9.17, 15) is 9.59 Å². The molecular formula is C15H14N6O3S. The van der Waals surface area contributed by atoms with Gasteiger partial charge in [-0.3, -0.25) is 4.79 Å². The van der Waals surface area contributed by atoms with E-state index in [4.69, 9.17) is 4.74 Å². The average molecular weight is 358 g/mol. The molecule has 1 aromatic carbocycles. The zero-order valence-electron chi connectivity index (χ0n) is 13.2. The number of amides is 1. The molecule has 25 heavy (non-hydrogen) atoms. The molecule has 0 radical (unpaired) electrons. The quantitative estimate of drug-likeness (QED) is 0.658. The van der Waals surface area contributed by atoms with Crippen molar-refractivity contribution >= 4 is 28.3 Å². The third-order valence-corrected chi connectivity index (χ3v) is 4.20. The lowest BCUT2D eigenvalue weighted by Crippen LogP contribution is -2.19. The van der Waals surface area contributed by atoms with E-state index in [2.05, 4.69) is 25.8 Å². The Hall–Kier alpha value is -3.14. The summed E-state index contributed by atoms with van der Waals surface area (Å²) in [5.41, 5.74) is 1.23. The number of carbonyl (C=O) groups excluding carboxylic acids is 2. The third-order valence-electron chi connectivity index (χ3n) is 3.23. The molecule has 3 rings (SSSR count). The number of hydrogen-bond donors (Lipinski definition) is 1. The highest BCUT2D eigenvalue weighted by Crippen LogP contribution is 2.26. The Kier molecular flexibility index (Phi) is 5.09. The zero-order valence-corrected chi connectivity index (χ0v) is 14.1. The van der Waals surface area contributed by atoms with Crippen LogP contribution in [0.25, 0.3) is 0 Å². The fourth-order valence-corrected chi connectivity index (χ4v) is 3.12. The molecule has 3 aromatic rings. The van der Waals surface area contributed by atoms with E-state index in [-0.39, 0.29) is 18.1 Å². The van der Waals surface area contributed by atoms with Crippen LogP contribution in [0, 0.1) is 0 Å². The number of rotatable bonds is 6. The monoisotopic (exact) mass is 358 g/mol. The number of esters is 1. The first-order valence-corrected chi connectivity index (χ1v) is 8.10. The largest absolute Gasteiger partial charge is 0.464 e. The van der Waals surface area contributed by atoms with Crippen LogP contribution in [-0.2, 0) is 22.5 Å². The minimum Gasteiger partial charge on any atom is -0.464 e. The van der Waals surface area contributed by atoms with Crippen LogP contribution in [0.2, 0.25) is 0 Å². The van der Waals surface area contributed by atoms with Crippen molar-refractivity contribution < 1.29 is 14.3 Å². The van der Waals surface area contributed by atoms with Crippen LogP contribution in [-0.4, -0.2) is 44.2 Å². The molecule has 0 aliphatic rings. The van der Waals surface area contributed by atoms with Crippen molar-refractivity contribution in [3.8, 4) is 0 Å². The number of hydrogen-bond acceptors (Lipinski definition) is 8. The number of anilines is 1. The van der Waals surface area contributed by atoms with Crippen molar-refractivity contribution in [1.29, 1.82) is 0 Å². The Morgan fingerprint density at radius 2 is 2.08 bits per heavy atom. The maximum atomic E-state index is 12.0. The van der Waals surface area contributed by atoms with Crippen molar-refractivity contribution in [1.82, 2.24) is 25.2 Å². The topological polar surface area (TPSA) is 112 Å². The molecule has 0 spiro atoms. The number of ether oxygens (including phenoxy) is 1. The van der Waals surface area contributed by atoms with Gasteiger partial charge in [0.2, 0.25) is 5.91 Å². The minimum absolute atomic E-state index is 0.0475. The molecule has 0 unspecified atom stereocenters. The van der Waals surface area contributed by atoms with E-state index >= 15 is 0 Å². The molecule has 10 heteroatoms. The Morgan fingerprint density at radius 3 is 2.76 bits per heavy atom. The lowest BCUT2D eigenvalue weighted by atomic mass is 10.1. The number of nitrogens with one attached hydrogen (secondary N) is 1. The number of methoxy groups -OCH3 is 1. The van der Waals surface area contributed by atoms with Gasteiger partial charge in [-0.25, -0.2) is 14.5 Å². The maximum absolute atomic E-state index is 12.0. The lowest BCUT2D eigenvalue weighted by Gasteiger charge is -2.00. The van der Waals surface area contributed by atoms with E-state index in [1.807, 2.05) is 30.3 Å². The van der Waals surface area contributed by atoms with E-state index < -0.39 is 5.97 Å². The highest BCUT2D eigenvalue weighted by atomic mass is 32.1. The molecule has 0 atom stereocenters. The molecule has 2 aromatic heterocycles. The Bertz CT molecular complexity index is 863. The summed E-state index contributed by atoms with van der Waals surface area (Å²) < 4.78 is 6.07. The normalized spacial score (nSPS) is 10.4. The molecule has 9 nitrogen and oxygen atoms in total. The van der Waals surface area contributed by atoms with Gasteiger partial charge in [-0.15, -0.1) is 16.4 Å². The highest BCUT2D eigenvalue weighted by Gasteiger charge is 2.20. The summed E-state index contributed by atoms with van der Waals surface area (Å²) in [7, 11) is 1.30. The molecule has 0 aliphatic carbocycles. The average Bonchev–Trinajstić information content (AvgIpc) is 3.25. The molecule has 1 N–H and O–H groups in total. The molecule has 128 valence electrons. The molecule has 0 saturated heterocycles. The third kappa shape index (κ3) is 4.23. The number of thiazole rings is 1. The second-order valence-electron chi connectivity index (χ2n) is 5.00. The van der Waals surface area contributed by atoms with Gasteiger partial charge in [0.15, 0.2) is 10.8 Å². The fraction of sp³-hybridized carbons (Fsp3) is 0.200. The number of aromatic nitrogens is 5. The van der Waals surface area contributed by atoms with Crippen molar-refractivity contribution in [3.63, 3.8) is 0 Å². The van der Waals surface area contributed by atoms with Gasteiger partial charge in [0, 0.05) is 11.3 Å². The zero-order chi connectivity index (χ0) is 17.6. The molecule has 2 heterocycles. The maximum Gasteiger partial charge on any atom is 0.357 e. The number of tetrazole rings is 1. The Balaban J connectivity index is 1.78. The van der Waals surface area contributed by atoms with E-state index in [0.717, 1.165) is 10.4 Å². The van der Waals surface area contributed by atoms with E-state index in [1.54, 1.807) is 0 Å². The number of nitrogens with zero attached hydrogens (tertiary/aromatic N) is 5. The van der Waals surface area contributed by atoms with Crippen LogP contribution in [0.3, 0.4) is 0 Å². The molecule has 0 fully saturated rings. The summed E-state index contributed by atoms with van der Waals surface area (Å²) in [5, 5.41) is 13.5. The van der Waals surface area contributed by atoms with E-state index in [1.165, 1.54) is 29.5 Å². The molecule has 0 bridgehead atoms. The molecule has 1 amide bonds. The first kappa shape index (κ1) is 16.7. The smallest absolute Gasteiger partial charge is 0.357 e. The van der Waals surface area contributed by atoms with Crippen LogP contribution in [0.4, 0.5) is 5.13 Å². The Labute approximate surface area is 146 Å². The van der Waals surface area contributed by atoms with Gasteiger partial charge in [0.1, 0.15) is 12.9 Å². The van der Waals surface area contributed by atoms with Crippen LogP contribution >= 0.6 is 11.3 Å². The van der Waals surface area contributed by atoms with Gasteiger partial charge in [-0.2, -0.15) is 0 Å². The summed E-state index contributed by atoms with van der Waals surface area (Å²) in [6.07, 6.45) is 1.86. The summed E-state index contributed by atoms with van der Waals surface area (Å²) in [4.78, 5) is 28.9. The number of carbonyl (C=O) groups is 2. The van der Waals surface area contributed by atoms with E-state index in [0.29, 0.717) is 11.6 Å². The van der Waals surface area contributed by atoms with Gasteiger partial charge < -0.3 is 10.1 Å².